The summed E-state index contributed by atoms with van der Waals surface area (Å²) < 4.78 is 6.75. The molecule has 0 amide bonds. The highest BCUT2D eigenvalue weighted by atomic mass is 28.4. The average Bonchev–Trinajstić information content (AvgIpc) is 3.18. The molecule has 1 aliphatic rings. The van der Waals surface area contributed by atoms with E-state index in [0.717, 1.165) is 6.42 Å². The van der Waals surface area contributed by atoms with Gasteiger partial charge in [-0.05, 0) is 62.7 Å². The first-order valence-electron chi connectivity index (χ1n) is 9.28. The summed E-state index contributed by atoms with van der Waals surface area (Å²) in [6, 6.07) is 11.1. The average molecular weight is 331 g/mol. The molecule has 2 heteroatoms. The molecule has 2 rings (SSSR count). The Hall–Kier alpha value is -0.863. The SMILES string of the molecule is C=CCCC(c1ccccc1)C1CC1(CCCC)O[Si](C)(C)C. The highest BCUT2D eigenvalue weighted by molar-refractivity contribution is 6.69. The largest absolute Gasteiger partial charge is 0.412 e. The van der Waals surface area contributed by atoms with E-state index in [9.17, 15) is 0 Å². The van der Waals surface area contributed by atoms with E-state index >= 15 is 0 Å². The van der Waals surface area contributed by atoms with E-state index in [1.807, 2.05) is 0 Å². The van der Waals surface area contributed by atoms with Crippen molar-refractivity contribution in [3.05, 3.63) is 48.6 Å². The summed E-state index contributed by atoms with van der Waals surface area (Å²) in [7, 11) is -1.52. The molecular formula is C21H34OSi. The molecule has 1 aromatic rings. The van der Waals surface area contributed by atoms with Crippen LogP contribution in [0, 0.1) is 5.92 Å². The first kappa shape index (κ1) is 18.5. The number of benzene rings is 1. The van der Waals surface area contributed by atoms with Crippen LogP contribution < -0.4 is 0 Å². The van der Waals surface area contributed by atoms with Gasteiger partial charge in [-0.3, -0.25) is 0 Å². The molecule has 1 aliphatic carbocycles. The van der Waals surface area contributed by atoms with Gasteiger partial charge in [0.05, 0.1) is 5.60 Å². The van der Waals surface area contributed by atoms with Crippen LogP contribution in [0.3, 0.4) is 0 Å². The molecular weight excluding hydrogens is 296 g/mol. The van der Waals surface area contributed by atoms with Crippen LogP contribution in [0.5, 0.6) is 0 Å². The van der Waals surface area contributed by atoms with Crippen molar-refractivity contribution in [3.8, 4) is 0 Å². The Kier molecular flexibility index (Phi) is 6.27. The molecule has 0 heterocycles. The third-order valence-electron chi connectivity index (χ3n) is 4.94. The molecule has 0 radical (unpaired) electrons. The van der Waals surface area contributed by atoms with E-state index in [4.69, 9.17) is 4.43 Å². The topological polar surface area (TPSA) is 9.23 Å². The zero-order valence-corrected chi connectivity index (χ0v) is 16.5. The van der Waals surface area contributed by atoms with Crippen molar-refractivity contribution < 1.29 is 4.43 Å². The van der Waals surface area contributed by atoms with Crippen molar-refractivity contribution >= 4 is 8.32 Å². The molecule has 1 fully saturated rings. The van der Waals surface area contributed by atoms with Gasteiger partial charge >= 0.3 is 0 Å². The van der Waals surface area contributed by atoms with Crippen LogP contribution >= 0.6 is 0 Å². The van der Waals surface area contributed by atoms with Crippen LogP contribution in [0.4, 0.5) is 0 Å². The smallest absolute Gasteiger partial charge is 0.184 e. The lowest BCUT2D eigenvalue weighted by molar-refractivity contribution is 0.131. The number of rotatable bonds is 10. The maximum absolute atomic E-state index is 6.75. The highest BCUT2D eigenvalue weighted by Crippen LogP contribution is 2.59. The molecule has 0 saturated heterocycles. The van der Waals surface area contributed by atoms with E-state index in [-0.39, 0.29) is 5.60 Å². The van der Waals surface area contributed by atoms with Gasteiger partial charge in [-0.25, -0.2) is 0 Å². The van der Waals surface area contributed by atoms with Gasteiger partial charge < -0.3 is 4.43 Å². The minimum atomic E-state index is -1.52. The molecule has 1 nitrogen and oxygen atoms in total. The summed E-state index contributed by atoms with van der Waals surface area (Å²) in [5, 5.41) is 0. The van der Waals surface area contributed by atoms with Gasteiger partial charge in [-0.1, -0.05) is 56.2 Å². The number of hydrogen-bond acceptors (Lipinski definition) is 1. The predicted octanol–water partition coefficient (Wildman–Crippen LogP) is 6.54. The normalized spacial score (nSPS) is 25.1. The van der Waals surface area contributed by atoms with Crippen molar-refractivity contribution in [2.24, 2.45) is 5.92 Å². The fraction of sp³-hybridized carbons (Fsp3) is 0.619. The number of allylic oxidation sites excluding steroid dienone is 1. The monoisotopic (exact) mass is 330 g/mol. The van der Waals surface area contributed by atoms with Crippen LogP contribution in [0.25, 0.3) is 0 Å². The summed E-state index contributed by atoms with van der Waals surface area (Å²) >= 11 is 0. The zero-order valence-electron chi connectivity index (χ0n) is 15.5. The van der Waals surface area contributed by atoms with Gasteiger partial charge in [0.2, 0.25) is 0 Å². The van der Waals surface area contributed by atoms with Crippen LogP contribution in [0.1, 0.15) is 56.9 Å². The Morgan fingerprint density at radius 2 is 2.00 bits per heavy atom. The molecule has 1 aromatic carbocycles. The van der Waals surface area contributed by atoms with Gasteiger partial charge in [0.1, 0.15) is 0 Å². The first-order chi connectivity index (χ1) is 10.9. The summed E-state index contributed by atoms with van der Waals surface area (Å²) in [5.74, 6) is 1.30. The fourth-order valence-corrected chi connectivity index (χ4v) is 5.52. The van der Waals surface area contributed by atoms with Gasteiger partial charge in [0.15, 0.2) is 8.32 Å². The molecule has 1 saturated carbocycles. The molecule has 0 aromatic heterocycles. The van der Waals surface area contributed by atoms with Crippen molar-refractivity contribution in [2.75, 3.05) is 0 Å². The summed E-state index contributed by atoms with van der Waals surface area (Å²) in [6.07, 6.45) is 9.36. The maximum Gasteiger partial charge on any atom is 0.184 e. The van der Waals surface area contributed by atoms with Crippen LogP contribution in [-0.4, -0.2) is 13.9 Å². The molecule has 3 unspecified atom stereocenters. The minimum absolute atomic E-state index is 0.155. The Labute approximate surface area is 144 Å². The second-order valence-electron chi connectivity index (χ2n) is 8.08. The number of hydrogen-bond donors (Lipinski definition) is 0. The van der Waals surface area contributed by atoms with Gasteiger partial charge in [0.25, 0.3) is 0 Å². The van der Waals surface area contributed by atoms with Gasteiger partial charge in [-0.2, -0.15) is 0 Å². The Balaban J connectivity index is 2.19. The zero-order chi connectivity index (χ0) is 16.9. The lowest BCUT2D eigenvalue weighted by Crippen LogP contribution is -2.35. The summed E-state index contributed by atoms with van der Waals surface area (Å²) in [6.45, 7) is 13.2. The van der Waals surface area contributed by atoms with Crippen LogP contribution in [0.15, 0.2) is 43.0 Å². The molecule has 3 atom stereocenters. The van der Waals surface area contributed by atoms with Crippen molar-refractivity contribution in [1.29, 1.82) is 0 Å². The van der Waals surface area contributed by atoms with E-state index in [1.165, 1.54) is 37.7 Å². The molecule has 0 N–H and O–H groups in total. The summed E-state index contributed by atoms with van der Waals surface area (Å²) in [4.78, 5) is 0. The first-order valence-corrected chi connectivity index (χ1v) is 12.7. The maximum atomic E-state index is 6.75. The van der Waals surface area contributed by atoms with Crippen molar-refractivity contribution in [2.45, 2.75) is 76.6 Å². The third kappa shape index (κ3) is 5.05. The van der Waals surface area contributed by atoms with E-state index < -0.39 is 8.32 Å². The molecule has 0 bridgehead atoms. The van der Waals surface area contributed by atoms with Crippen molar-refractivity contribution in [1.82, 2.24) is 0 Å². The highest BCUT2D eigenvalue weighted by Gasteiger charge is 2.59. The standard InChI is InChI=1S/C21H34OSi/c1-6-8-15-19(18-13-11-10-12-14-18)20-17-21(20,16-9-7-2)22-23(3,4)5/h6,10-14,19-20H,1,7-9,15-17H2,2-5H3. The summed E-state index contributed by atoms with van der Waals surface area (Å²) in [5.41, 5.74) is 1.64. The predicted molar refractivity (Wildman–Crippen MR) is 103 cm³/mol. The Morgan fingerprint density at radius 1 is 1.30 bits per heavy atom. The minimum Gasteiger partial charge on any atom is -0.412 e. The van der Waals surface area contributed by atoms with Crippen LogP contribution in [0.2, 0.25) is 19.6 Å². The van der Waals surface area contributed by atoms with E-state index in [2.05, 4.69) is 69.6 Å². The van der Waals surface area contributed by atoms with Gasteiger partial charge in [-0.15, -0.1) is 6.58 Å². The Bertz CT molecular complexity index is 490. The molecule has 128 valence electrons. The second-order valence-corrected chi connectivity index (χ2v) is 12.5. The Morgan fingerprint density at radius 3 is 2.57 bits per heavy atom. The lowest BCUT2D eigenvalue weighted by atomic mass is 9.87. The molecule has 23 heavy (non-hydrogen) atoms. The molecule has 0 aliphatic heterocycles. The second kappa shape index (κ2) is 7.81. The fourth-order valence-electron chi connectivity index (χ4n) is 3.96. The number of unbranched alkanes of at least 4 members (excludes halogenated alkanes) is 1. The third-order valence-corrected chi connectivity index (χ3v) is 5.96. The quantitative estimate of drug-likeness (QED) is 0.350. The molecule has 0 spiro atoms. The van der Waals surface area contributed by atoms with Crippen LogP contribution in [-0.2, 0) is 4.43 Å². The van der Waals surface area contributed by atoms with Crippen molar-refractivity contribution in [3.63, 3.8) is 0 Å². The lowest BCUT2D eigenvalue weighted by Gasteiger charge is -2.30. The van der Waals surface area contributed by atoms with E-state index in [0.29, 0.717) is 11.8 Å². The van der Waals surface area contributed by atoms with E-state index in [1.54, 1.807) is 0 Å². The van der Waals surface area contributed by atoms with Gasteiger partial charge in [0, 0.05) is 0 Å².